The van der Waals surface area contributed by atoms with Crippen LogP contribution in [0.15, 0.2) is 0 Å². The van der Waals surface area contributed by atoms with Gasteiger partial charge in [-0.15, -0.1) is 0 Å². The van der Waals surface area contributed by atoms with E-state index in [2.05, 4.69) is 4.74 Å². The van der Waals surface area contributed by atoms with E-state index >= 15 is 0 Å². The Morgan fingerprint density at radius 2 is 0.481 bits per heavy atom. The summed E-state index contributed by atoms with van der Waals surface area (Å²) >= 11 is 0. The van der Waals surface area contributed by atoms with Crippen LogP contribution < -0.4 is 0 Å². The Morgan fingerprint density at radius 1 is 0.269 bits per heavy atom. The molecular formula is C22H21F25O5. The minimum Gasteiger partial charge on any atom is -0.394 e. The lowest BCUT2D eigenvalue weighted by Gasteiger charge is -2.45. The van der Waals surface area contributed by atoms with Gasteiger partial charge in [0.2, 0.25) is 0 Å². The van der Waals surface area contributed by atoms with E-state index in [1.165, 1.54) is 0 Å². The van der Waals surface area contributed by atoms with Crippen molar-refractivity contribution in [2.75, 3.05) is 59.5 Å². The van der Waals surface area contributed by atoms with Crippen LogP contribution in [0, 0.1) is 0 Å². The number of aliphatic hydroxyl groups excluding tert-OH is 1. The lowest BCUT2D eigenvalue weighted by atomic mass is 9.84. The Labute approximate surface area is 272 Å². The van der Waals surface area contributed by atoms with E-state index in [-0.39, 0.29) is 39.6 Å². The summed E-state index contributed by atoms with van der Waals surface area (Å²) in [4.78, 5) is 0. The first-order chi connectivity index (χ1) is 22.8. The summed E-state index contributed by atoms with van der Waals surface area (Å²) in [6.45, 7) is -4.39. The van der Waals surface area contributed by atoms with E-state index in [1.54, 1.807) is 0 Å². The molecule has 0 fully saturated rings. The maximum atomic E-state index is 14.0. The largest absolute Gasteiger partial charge is 0.460 e. The van der Waals surface area contributed by atoms with Crippen molar-refractivity contribution in [3.63, 3.8) is 0 Å². The van der Waals surface area contributed by atoms with Crippen LogP contribution in [-0.2, 0) is 18.9 Å². The molecule has 0 amide bonds. The second-order valence-electron chi connectivity index (χ2n) is 9.87. The molecule has 0 aliphatic rings. The van der Waals surface area contributed by atoms with Crippen LogP contribution in [0.3, 0.4) is 0 Å². The highest BCUT2D eigenvalue weighted by molar-refractivity contribution is 5.19. The van der Waals surface area contributed by atoms with Gasteiger partial charge in [-0.05, 0) is 0 Å². The molecule has 0 aromatic carbocycles. The number of alkyl halides is 25. The number of ether oxygens (including phenoxy) is 4. The smallest absolute Gasteiger partial charge is 0.394 e. The van der Waals surface area contributed by atoms with Crippen molar-refractivity contribution in [2.45, 2.75) is 77.7 Å². The molecule has 0 aromatic heterocycles. The van der Waals surface area contributed by atoms with Gasteiger partial charge in [-0.2, -0.15) is 110 Å². The molecule has 0 radical (unpaired) electrons. The number of halogens is 25. The third-order valence-electron chi connectivity index (χ3n) is 6.28. The SMILES string of the molecule is OCCOCCOCCOCCOCCC(F)(F)C(F)(F)C(F)(F)C(F)(F)C(F)(F)C(F)(F)C(F)(F)C(F)(F)C(F)(F)C(F)(F)C(F)(F)C(F)(F)F. The first-order valence-electron chi connectivity index (χ1n) is 13.0. The van der Waals surface area contributed by atoms with E-state index < -0.39 is 97.6 Å². The lowest BCUT2D eigenvalue weighted by molar-refractivity contribution is -0.482. The zero-order valence-electron chi connectivity index (χ0n) is 24.6. The summed E-state index contributed by atoms with van der Waals surface area (Å²) in [5.41, 5.74) is 0. The summed E-state index contributed by atoms with van der Waals surface area (Å²) in [5, 5.41) is 8.44. The normalized spacial score (nSPS) is 15.8. The molecule has 0 heterocycles. The molecule has 0 spiro atoms. The number of rotatable bonds is 24. The molecular weight excluding hydrogens is 819 g/mol. The van der Waals surface area contributed by atoms with Crippen molar-refractivity contribution >= 4 is 0 Å². The molecule has 0 saturated carbocycles. The van der Waals surface area contributed by atoms with Gasteiger partial charge < -0.3 is 24.1 Å². The molecule has 0 bridgehead atoms. The fraction of sp³-hybridized carbons (Fsp3) is 1.00. The number of aliphatic hydroxyl groups is 1. The zero-order valence-corrected chi connectivity index (χ0v) is 24.6. The summed E-state index contributed by atoms with van der Waals surface area (Å²) in [7, 11) is 0. The van der Waals surface area contributed by atoms with E-state index in [4.69, 9.17) is 19.3 Å². The van der Waals surface area contributed by atoms with Crippen molar-refractivity contribution in [3.05, 3.63) is 0 Å². The van der Waals surface area contributed by atoms with Gasteiger partial charge in [-0.3, -0.25) is 0 Å². The third kappa shape index (κ3) is 8.32. The van der Waals surface area contributed by atoms with Crippen LogP contribution in [0.5, 0.6) is 0 Å². The lowest BCUT2D eigenvalue weighted by Crippen LogP contribution is -2.78. The van der Waals surface area contributed by atoms with E-state index in [9.17, 15) is 110 Å². The van der Waals surface area contributed by atoms with Crippen molar-refractivity contribution < 1.29 is 134 Å². The van der Waals surface area contributed by atoms with Crippen LogP contribution >= 0.6 is 0 Å². The monoisotopic (exact) mass is 840 g/mol. The highest BCUT2D eigenvalue weighted by Crippen LogP contribution is 2.67. The molecule has 30 heteroatoms. The Bertz CT molecular complexity index is 1120. The maximum Gasteiger partial charge on any atom is 0.460 e. The van der Waals surface area contributed by atoms with E-state index in [0.29, 0.717) is 0 Å². The fourth-order valence-corrected chi connectivity index (χ4v) is 3.17. The van der Waals surface area contributed by atoms with Crippen molar-refractivity contribution in [2.24, 2.45) is 0 Å². The Kier molecular flexibility index (Phi) is 15.4. The summed E-state index contributed by atoms with van der Waals surface area (Å²) in [5.74, 6) is -98.5. The molecule has 52 heavy (non-hydrogen) atoms. The van der Waals surface area contributed by atoms with E-state index in [1.807, 2.05) is 0 Å². The average molecular weight is 840 g/mol. The molecule has 5 nitrogen and oxygen atoms in total. The van der Waals surface area contributed by atoms with Gasteiger partial charge in [0, 0.05) is 6.42 Å². The van der Waals surface area contributed by atoms with Crippen molar-refractivity contribution in [3.8, 4) is 0 Å². The topological polar surface area (TPSA) is 57.2 Å². The van der Waals surface area contributed by atoms with Gasteiger partial charge in [0.1, 0.15) is 0 Å². The van der Waals surface area contributed by atoms with Gasteiger partial charge in [0.25, 0.3) is 0 Å². The summed E-state index contributed by atoms with van der Waals surface area (Å²) in [6.07, 6.45) is -11.1. The predicted molar refractivity (Wildman–Crippen MR) is 115 cm³/mol. The Balaban J connectivity index is 6.15. The second kappa shape index (κ2) is 16.0. The van der Waals surface area contributed by atoms with Gasteiger partial charge in [-0.25, -0.2) is 0 Å². The first-order valence-corrected chi connectivity index (χ1v) is 13.0. The van der Waals surface area contributed by atoms with Crippen LogP contribution in [0.25, 0.3) is 0 Å². The highest BCUT2D eigenvalue weighted by Gasteiger charge is 2.99. The second-order valence-corrected chi connectivity index (χ2v) is 9.87. The Morgan fingerprint density at radius 3 is 0.731 bits per heavy atom. The molecule has 0 aliphatic heterocycles. The molecule has 0 unspecified atom stereocenters. The molecule has 314 valence electrons. The van der Waals surface area contributed by atoms with Crippen molar-refractivity contribution in [1.29, 1.82) is 0 Å². The minimum absolute atomic E-state index is 0.00843. The van der Waals surface area contributed by atoms with Gasteiger partial charge in [0.05, 0.1) is 59.5 Å². The van der Waals surface area contributed by atoms with Crippen LogP contribution in [0.1, 0.15) is 6.42 Å². The van der Waals surface area contributed by atoms with Gasteiger partial charge >= 0.3 is 71.3 Å². The average Bonchev–Trinajstić information content (AvgIpc) is 2.97. The van der Waals surface area contributed by atoms with E-state index in [0.717, 1.165) is 0 Å². The molecule has 1 N–H and O–H groups in total. The fourth-order valence-electron chi connectivity index (χ4n) is 3.17. The van der Waals surface area contributed by atoms with Crippen LogP contribution in [-0.4, -0.2) is 136 Å². The summed E-state index contributed by atoms with van der Waals surface area (Å²) < 4.78 is 356. The first kappa shape index (κ1) is 50.1. The van der Waals surface area contributed by atoms with Crippen LogP contribution in [0.4, 0.5) is 110 Å². The molecule has 0 aliphatic carbocycles. The summed E-state index contributed by atoms with van der Waals surface area (Å²) in [6, 6.07) is 0. The number of hydrogen-bond acceptors (Lipinski definition) is 5. The molecule has 0 rings (SSSR count). The number of hydrogen-bond donors (Lipinski definition) is 1. The quantitative estimate of drug-likeness (QED) is 0.0790. The maximum absolute atomic E-state index is 14.0. The molecule has 0 atom stereocenters. The standard InChI is InChI=1S/C22H21F25O5/c23-11(24,1-3-49-5-7-51-9-10-52-8-6-50-4-2-48)12(25,26)13(27,28)14(29,30)15(31,32)16(33,34)17(35,36)18(37,38)19(39,40)20(41,42)21(43,44)22(45,46)47/h48H,1-10H2. The highest BCUT2D eigenvalue weighted by atomic mass is 19.4. The third-order valence-corrected chi connectivity index (χ3v) is 6.28. The van der Waals surface area contributed by atoms with Crippen LogP contribution in [0.2, 0.25) is 0 Å². The predicted octanol–water partition coefficient (Wildman–Crippen LogP) is 7.99. The molecule has 0 aromatic rings. The van der Waals surface area contributed by atoms with Gasteiger partial charge in [0.15, 0.2) is 0 Å². The Hall–Kier alpha value is -1.95. The molecule has 0 saturated heterocycles. The zero-order chi connectivity index (χ0) is 41.9. The van der Waals surface area contributed by atoms with Crippen molar-refractivity contribution in [1.82, 2.24) is 0 Å². The van der Waals surface area contributed by atoms with Gasteiger partial charge in [-0.1, -0.05) is 0 Å². The minimum atomic E-state index is -9.62.